The number of pyridine rings is 1. The van der Waals surface area contributed by atoms with Crippen LogP contribution in [0.15, 0.2) is 55.0 Å². The van der Waals surface area contributed by atoms with Crippen molar-refractivity contribution >= 4 is 12.4 Å². The van der Waals surface area contributed by atoms with Crippen LogP contribution in [0.1, 0.15) is 11.1 Å². The van der Waals surface area contributed by atoms with Gasteiger partial charge in [-0.15, -0.1) is 12.4 Å². The number of H-pyrrole nitrogens is 1. The lowest BCUT2D eigenvalue weighted by Crippen LogP contribution is -2.12. The Hall–Kier alpha value is -2.24. The summed E-state index contributed by atoms with van der Waals surface area (Å²) in [6.45, 7) is 1.36. The summed E-state index contributed by atoms with van der Waals surface area (Å²) in [5.74, 6) is -0.215. The number of nitrogens with one attached hydrogen (secondary N) is 2. The third-order valence-electron chi connectivity index (χ3n) is 3.23. The Morgan fingerprint density at radius 2 is 1.86 bits per heavy atom. The van der Waals surface area contributed by atoms with Crippen molar-refractivity contribution in [3.8, 4) is 11.3 Å². The molecule has 22 heavy (non-hydrogen) atoms. The number of halogens is 2. The lowest BCUT2D eigenvalue weighted by Gasteiger charge is -2.06. The first-order valence-corrected chi connectivity index (χ1v) is 6.71. The van der Waals surface area contributed by atoms with Gasteiger partial charge in [-0.2, -0.15) is 5.10 Å². The highest BCUT2D eigenvalue weighted by Crippen LogP contribution is 2.19. The van der Waals surface area contributed by atoms with Gasteiger partial charge in [0, 0.05) is 36.6 Å². The van der Waals surface area contributed by atoms with E-state index >= 15 is 0 Å². The monoisotopic (exact) mass is 318 g/mol. The molecule has 0 bridgehead atoms. The first kappa shape index (κ1) is 16.1. The van der Waals surface area contributed by atoms with E-state index in [0.717, 1.165) is 22.4 Å². The topological polar surface area (TPSA) is 53.6 Å². The summed E-state index contributed by atoms with van der Waals surface area (Å²) >= 11 is 0. The Labute approximate surface area is 134 Å². The van der Waals surface area contributed by atoms with Gasteiger partial charge < -0.3 is 5.32 Å². The summed E-state index contributed by atoms with van der Waals surface area (Å²) in [5.41, 5.74) is 4.09. The molecule has 3 aromatic rings. The van der Waals surface area contributed by atoms with Gasteiger partial charge in [-0.1, -0.05) is 12.1 Å². The predicted octanol–water partition coefficient (Wildman–Crippen LogP) is 3.32. The van der Waals surface area contributed by atoms with Crippen molar-refractivity contribution in [3.63, 3.8) is 0 Å². The molecule has 2 heterocycles. The number of aromatic amines is 1. The molecule has 2 aromatic heterocycles. The maximum Gasteiger partial charge on any atom is 0.123 e. The van der Waals surface area contributed by atoms with Crippen molar-refractivity contribution in [2.75, 3.05) is 0 Å². The Bertz CT molecular complexity index is 698. The standard InChI is InChI=1S/C16H15FN4.ClH/c17-15-5-3-12(4-6-15)8-19-10-14-11-20-21-16(14)13-2-1-7-18-9-13;/h1-7,9,11,19H,8,10H2,(H,20,21);1H. The summed E-state index contributed by atoms with van der Waals surface area (Å²) in [5, 5.41) is 10.4. The smallest absolute Gasteiger partial charge is 0.123 e. The number of hydrogen-bond donors (Lipinski definition) is 2. The molecule has 0 fully saturated rings. The van der Waals surface area contributed by atoms with E-state index in [4.69, 9.17) is 0 Å². The quantitative estimate of drug-likeness (QED) is 0.758. The lowest BCUT2D eigenvalue weighted by molar-refractivity contribution is 0.625. The zero-order chi connectivity index (χ0) is 14.5. The Kier molecular flexibility index (Phi) is 5.63. The average molecular weight is 319 g/mol. The summed E-state index contributed by atoms with van der Waals surface area (Å²) in [6, 6.07) is 10.4. The molecule has 1 aromatic carbocycles. The van der Waals surface area contributed by atoms with Crippen LogP contribution in [0.5, 0.6) is 0 Å². The molecular weight excluding hydrogens is 303 g/mol. The zero-order valence-electron chi connectivity index (χ0n) is 11.8. The molecule has 0 saturated heterocycles. The number of benzene rings is 1. The van der Waals surface area contributed by atoms with E-state index in [1.165, 1.54) is 12.1 Å². The Morgan fingerprint density at radius 1 is 1.05 bits per heavy atom. The van der Waals surface area contributed by atoms with Crippen LogP contribution in [0.4, 0.5) is 4.39 Å². The maximum atomic E-state index is 12.8. The van der Waals surface area contributed by atoms with Gasteiger partial charge in [-0.3, -0.25) is 10.1 Å². The molecule has 0 aliphatic carbocycles. The van der Waals surface area contributed by atoms with Crippen molar-refractivity contribution in [1.82, 2.24) is 20.5 Å². The minimum Gasteiger partial charge on any atom is -0.308 e. The summed E-state index contributed by atoms with van der Waals surface area (Å²) in [7, 11) is 0. The van der Waals surface area contributed by atoms with E-state index < -0.39 is 0 Å². The molecule has 0 unspecified atom stereocenters. The van der Waals surface area contributed by atoms with Crippen LogP contribution in [-0.2, 0) is 13.1 Å². The first-order chi connectivity index (χ1) is 10.3. The largest absolute Gasteiger partial charge is 0.308 e. The van der Waals surface area contributed by atoms with E-state index in [2.05, 4.69) is 20.5 Å². The van der Waals surface area contributed by atoms with Gasteiger partial charge >= 0.3 is 0 Å². The average Bonchev–Trinajstić information content (AvgIpc) is 2.99. The molecule has 3 rings (SSSR count). The van der Waals surface area contributed by atoms with Crippen LogP contribution in [0.25, 0.3) is 11.3 Å². The third-order valence-corrected chi connectivity index (χ3v) is 3.23. The van der Waals surface area contributed by atoms with Gasteiger partial charge in [0.15, 0.2) is 0 Å². The minimum absolute atomic E-state index is 0. The molecule has 6 heteroatoms. The maximum absolute atomic E-state index is 12.8. The second-order valence-electron chi connectivity index (χ2n) is 4.74. The SMILES string of the molecule is Cl.Fc1ccc(CNCc2cn[nH]c2-c2cccnc2)cc1. The second kappa shape index (κ2) is 7.68. The van der Waals surface area contributed by atoms with Crippen molar-refractivity contribution < 1.29 is 4.39 Å². The van der Waals surface area contributed by atoms with Crippen molar-refractivity contribution in [1.29, 1.82) is 0 Å². The van der Waals surface area contributed by atoms with E-state index in [1.54, 1.807) is 30.7 Å². The van der Waals surface area contributed by atoms with Crippen LogP contribution in [0, 0.1) is 5.82 Å². The Morgan fingerprint density at radius 3 is 2.59 bits per heavy atom. The number of nitrogens with zero attached hydrogens (tertiary/aromatic N) is 2. The minimum atomic E-state index is -0.215. The molecule has 0 atom stereocenters. The molecule has 0 saturated carbocycles. The van der Waals surface area contributed by atoms with E-state index in [-0.39, 0.29) is 18.2 Å². The van der Waals surface area contributed by atoms with Crippen LogP contribution in [0.2, 0.25) is 0 Å². The number of aromatic nitrogens is 3. The summed E-state index contributed by atoms with van der Waals surface area (Å²) < 4.78 is 12.8. The van der Waals surface area contributed by atoms with Gasteiger partial charge in [0.05, 0.1) is 11.9 Å². The molecule has 0 aliphatic rings. The fourth-order valence-electron chi connectivity index (χ4n) is 2.15. The first-order valence-electron chi connectivity index (χ1n) is 6.71. The molecule has 0 radical (unpaired) electrons. The van der Waals surface area contributed by atoms with Gasteiger partial charge in [-0.05, 0) is 29.8 Å². The fourth-order valence-corrected chi connectivity index (χ4v) is 2.15. The van der Waals surface area contributed by atoms with Gasteiger partial charge in [0.2, 0.25) is 0 Å². The number of hydrogen-bond acceptors (Lipinski definition) is 3. The number of rotatable bonds is 5. The van der Waals surface area contributed by atoms with E-state index in [9.17, 15) is 4.39 Å². The van der Waals surface area contributed by atoms with Crippen LogP contribution in [-0.4, -0.2) is 15.2 Å². The zero-order valence-corrected chi connectivity index (χ0v) is 12.6. The van der Waals surface area contributed by atoms with Crippen LogP contribution in [0.3, 0.4) is 0 Å². The highest BCUT2D eigenvalue weighted by molar-refractivity contribution is 5.85. The summed E-state index contributed by atoms with van der Waals surface area (Å²) in [4.78, 5) is 4.11. The lowest BCUT2D eigenvalue weighted by atomic mass is 10.1. The molecule has 2 N–H and O–H groups in total. The summed E-state index contributed by atoms with van der Waals surface area (Å²) in [6.07, 6.45) is 5.35. The third kappa shape index (κ3) is 3.90. The van der Waals surface area contributed by atoms with Gasteiger partial charge in [-0.25, -0.2) is 4.39 Å². The van der Waals surface area contributed by atoms with Crippen molar-refractivity contribution in [2.24, 2.45) is 0 Å². The normalized spacial score (nSPS) is 10.2. The van der Waals surface area contributed by atoms with E-state index in [0.29, 0.717) is 13.1 Å². The molecule has 0 spiro atoms. The fraction of sp³-hybridized carbons (Fsp3) is 0.125. The molecule has 0 aliphatic heterocycles. The van der Waals surface area contributed by atoms with Crippen LogP contribution >= 0.6 is 12.4 Å². The molecule has 114 valence electrons. The van der Waals surface area contributed by atoms with Crippen molar-refractivity contribution in [3.05, 3.63) is 71.9 Å². The Balaban J connectivity index is 0.00000176. The molecule has 0 amide bonds. The highest BCUT2D eigenvalue weighted by atomic mass is 35.5. The second-order valence-corrected chi connectivity index (χ2v) is 4.74. The molecule has 4 nitrogen and oxygen atoms in total. The highest BCUT2D eigenvalue weighted by Gasteiger charge is 2.07. The predicted molar refractivity (Wildman–Crippen MR) is 86.0 cm³/mol. The van der Waals surface area contributed by atoms with Gasteiger partial charge in [0.1, 0.15) is 5.82 Å². The van der Waals surface area contributed by atoms with Gasteiger partial charge in [0.25, 0.3) is 0 Å². The van der Waals surface area contributed by atoms with Crippen LogP contribution < -0.4 is 5.32 Å². The van der Waals surface area contributed by atoms with Crippen molar-refractivity contribution in [2.45, 2.75) is 13.1 Å². The molecular formula is C16H16ClFN4. The van der Waals surface area contributed by atoms with E-state index in [1.807, 2.05) is 12.1 Å².